The van der Waals surface area contributed by atoms with Gasteiger partial charge in [0.25, 0.3) is 0 Å². The summed E-state index contributed by atoms with van der Waals surface area (Å²) in [7, 11) is 0. The second-order valence-corrected chi connectivity index (χ2v) is 3.45. The van der Waals surface area contributed by atoms with Gasteiger partial charge in [0.05, 0.1) is 6.33 Å². The normalized spacial score (nSPS) is 10.2. The van der Waals surface area contributed by atoms with E-state index in [2.05, 4.69) is 22.2 Å². The van der Waals surface area contributed by atoms with Crippen LogP contribution in [0.15, 0.2) is 37.1 Å². The molecule has 0 aliphatic carbocycles. The van der Waals surface area contributed by atoms with Crippen LogP contribution in [0.25, 0.3) is 0 Å². The average molecular weight is 202 g/mol. The van der Waals surface area contributed by atoms with E-state index in [-0.39, 0.29) is 0 Å². The molecule has 2 rings (SSSR count). The molecule has 15 heavy (non-hydrogen) atoms. The Morgan fingerprint density at radius 1 is 1.40 bits per heavy atom. The Kier molecular flexibility index (Phi) is 2.97. The van der Waals surface area contributed by atoms with Gasteiger partial charge in [-0.3, -0.25) is 0 Å². The van der Waals surface area contributed by atoms with E-state index in [1.54, 1.807) is 6.20 Å². The molecule has 0 aliphatic rings. The van der Waals surface area contributed by atoms with Crippen LogP contribution in [-0.2, 0) is 6.54 Å². The van der Waals surface area contributed by atoms with Crippen molar-refractivity contribution in [1.82, 2.24) is 14.5 Å². The van der Waals surface area contributed by atoms with Crippen molar-refractivity contribution in [2.24, 2.45) is 0 Å². The zero-order valence-electron chi connectivity index (χ0n) is 8.72. The summed E-state index contributed by atoms with van der Waals surface area (Å²) in [6, 6.07) is 4.02. The first-order valence-electron chi connectivity index (χ1n) is 4.97. The summed E-state index contributed by atoms with van der Waals surface area (Å²) < 4.78 is 2.03. The van der Waals surface area contributed by atoms with Gasteiger partial charge < -0.3 is 9.88 Å². The first-order valence-corrected chi connectivity index (χ1v) is 4.97. The molecule has 78 valence electrons. The number of aromatic nitrogens is 3. The molecule has 0 aliphatic heterocycles. The molecule has 0 bridgehead atoms. The van der Waals surface area contributed by atoms with Crippen molar-refractivity contribution in [3.05, 3.63) is 42.6 Å². The number of aryl methyl sites for hydroxylation is 1. The maximum absolute atomic E-state index is 4.22. The number of hydrogen-bond donors (Lipinski definition) is 1. The molecule has 0 aromatic carbocycles. The van der Waals surface area contributed by atoms with Crippen LogP contribution in [0.5, 0.6) is 0 Å². The summed E-state index contributed by atoms with van der Waals surface area (Å²) in [4.78, 5) is 8.20. The van der Waals surface area contributed by atoms with E-state index in [4.69, 9.17) is 0 Å². The van der Waals surface area contributed by atoms with Crippen molar-refractivity contribution in [2.75, 3.05) is 11.9 Å². The minimum atomic E-state index is 0.854. The second-order valence-electron chi connectivity index (χ2n) is 3.45. The van der Waals surface area contributed by atoms with Crippen LogP contribution in [0.1, 0.15) is 5.56 Å². The van der Waals surface area contributed by atoms with E-state index in [0.29, 0.717) is 0 Å². The molecule has 0 spiro atoms. The summed E-state index contributed by atoms with van der Waals surface area (Å²) in [5.41, 5.74) is 1.22. The van der Waals surface area contributed by atoms with Gasteiger partial charge in [0, 0.05) is 31.7 Å². The molecule has 0 atom stereocenters. The highest BCUT2D eigenvalue weighted by molar-refractivity contribution is 5.36. The van der Waals surface area contributed by atoms with Crippen LogP contribution < -0.4 is 5.32 Å². The minimum absolute atomic E-state index is 0.854. The van der Waals surface area contributed by atoms with Crippen LogP contribution >= 0.6 is 0 Å². The molecule has 4 nitrogen and oxygen atoms in total. The number of nitrogens with zero attached hydrogens (tertiary/aromatic N) is 3. The zero-order chi connectivity index (χ0) is 10.5. The summed E-state index contributed by atoms with van der Waals surface area (Å²) in [5, 5.41) is 3.26. The first kappa shape index (κ1) is 9.71. The topological polar surface area (TPSA) is 42.7 Å². The lowest BCUT2D eigenvalue weighted by Gasteiger charge is -2.06. The van der Waals surface area contributed by atoms with Crippen LogP contribution in [0.2, 0.25) is 0 Å². The number of rotatable bonds is 4. The fraction of sp³-hybridized carbons (Fsp3) is 0.273. The number of pyridine rings is 1. The predicted octanol–water partition coefficient (Wildman–Crippen LogP) is 1.70. The predicted molar refractivity (Wildman–Crippen MR) is 59.7 cm³/mol. The van der Waals surface area contributed by atoms with Crippen LogP contribution in [0.3, 0.4) is 0 Å². The highest BCUT2D eigenvalue weighted by Gasteiger charge is 1.93. The molecule has 0 fully saturated rings. The molecular formula is C11H14N4. The molecule has 2 aromatic rings. The lowest BCUT2D eigenvalue weighted by atomic mass is 10.3. The molecule has 0 unspecified atom stereocenters. The van der Waals surface area contributed by atoms with E-state index >= 15 is 0 Å². The van der Waals surface area contributed by atoms with Crippen LogP contribution in [-0.4, -0.2) is 21.1 Å². The van der Waals surface area contributed by atoms with Gasteiger partial charge in [-0.2, -0.15) is 0 Å². The van der Waals surface area contributed by atoms with Gasteiger partial charge in [0.1, 0.15) is 5.82 Å². The van der Waals surface area contributed by atoms with E-state index in [1.165, 1.54) is 5.56 Å². The number of hydrogen-bond acceptors (Lipinski definition) is 3. The molecule has 0 saturated heterocycles. The number of anilines is 1. The van der Waals surface area contributed by atoms with Crippen molar-refractivity contribution >= 4 is 5.82 Å². The highest BCUT2D eigenvalue weighted by Crippen LogP contribution is 2.04. The van der Waals surface area contributed by atoms with Crippen LogP contribution in [0.4, 0.5) is 5.82 Å². The summed E-state index contributed by atoms with van der Waals surface area (Å²) in [6.45, 7) is 3.81. The third-order valence-electron chi connectivity index (χ3n) is 2.15. The summed E-state index contributed by atoms with van der Waals surface area (Å²) in [5.74, 6) is 0.926. The van der Waals surface area contributed by atoms with Gasteiger partial charge in [-0.15, -0.1) is 0 Å². The van der Waals surface area contributed by atoms with E-state index in [0.717, 1.165) is 18.9 Å². The van der Waals surface area contributed by atoms with Crippen molar-refractivity contribution in [3.8, 4) is 0 Å². The van der Waals surface area contributed by atoms with Gasteiger partial charge in [-0.1, -0.05) is 0 Å². The Labute approximate surface area is 89.0 Å². The quantitative estimate of drug-likeness (QED) is 0.820. The van der Waals surface area contributed by atoms with Crippen LogP contribution in [0, 0.1) is 6.92 Å². The standard InChI is InChI=1S/C11H14N4/c1-10-2-3-13-11(8-10)14-5-7-15-6-4-12-9-15/h2-4,6,8-9H,5,7H2,1H3,(H,13,14). The Morgan fingerprint density at radius 3 is 3.07 bits per heavy atom. The molecule has 0 saturated carbocycles. The fourth-order valence-corrected chi connectivity index (χ4v) is 1.36. The molecular weight excluding hydrogens is 188 g/mol. The molecule has 0 amide bonds. The average Bonchev–Trinajstić information content (AvgIpc) is 2.71. The summed E-state index contributed by atoms with van der Waals surface area (Å²) in [6.07, 6.45) is 7.36. The molecule has 2 heterocycles. The Morgan fingerprint density at radius 2 is 2.33 bits per heavy atom. The number of imidazole rings is 1. The molecule has 1 N–H and O–H groups in total. The van der Waals surface area contributed by atoms with Gasteiger partial charge in [-0.25, -0.2) is 9.97 Å². The monoisotopic (exact) mass is 202 g/mol. The Hall–Kier alpha value is -1.84. The van der Waals surface area contributed by atoms with Crippen molar-refractivity contribution < 1.29 is 0 Å². The highest BCUT2D eigenvalue weighted by atomic mass is 15.1. The van der Waals surface area contributed by atoms with E-state index in [9.17, 15) is 0 Å². The lowest BCUT2D eigenvalue weighted by Crippen LogP contribution is -2.10. The third-order valence-corrected chi connectivity index (χ3v) is 2.15. The SMILES string of the molecule is Cc1ccnc(NCCn2ccnc2)c1. The van der Waals surface area contributed by atoms with Crippen molar-refractivity contribution in [3.63, 3.8) is 0 Å². The molecule has 0 radical (unpaired) electrons. The Bertz CT molecular complexity index is 408. The smallest absolute Gasteiger partial charge is 0.126 e. The molecule has 2 aromatic heterocycles. The van der Waals surface area contributed by atoms with Gasteiger partial charge in [0.15, 0.2) is 0 Å². The fourth-order valence-electron chi connectivity index (χ4n) is 1.36. The number of nitrogens with one attached hydrogen (secondary N) is 1. The minimum Gasteiger partial charge on any atom is -0.368 e. The summed E-state index contributed by atoms with van der Waals surface area (Å²) >= 11 is 0. The first-order chi connectivity index (χ1) is 7.34. The third kappa shape index (κ3) is 2.80. The largest absolute Gasteiger partial charge is 0.368 e. The van der Waals surface area contributed by atoms with Crippen molar-refractivity contribution in [1.29, 1.82) is 0 Å². The van der Waals surface area contributed by atoms with Gasteiger partial charge in [0.2, 0.25) is 0 Å². The lowest BCUT2D eigenvalue weighted by molar-refractivity contribution is 0.725. The van der Waals surface area contributed by atoms with Gasteiger partial charge >= 0.3 is 0 Å². The van der Waals surface area contributed by atoms with E-state index in [1.807, 2.05) is 35.4 Å². The van der Waals surface area contributed by atoms with Gasteiger partial charge in [-0.05, 0) is 24.6 Å². The zero-order valence-corrected chi connectivity index (χ0v) is 8.72. The maximum Gasteiger partial charge on any atom is 0.126 e. The Balaban J connectivity index is 1.83. The van der Waals surface area contributed by atoms with E-state index < -0.39 is 0 Å². The second kappa shape index (κ2) is 4.59. The maximum atomic E-state index is 4.22. The molecule has 4 heteroatoms. The van der Waals surface area contributed by atoms with Crippen molar-refractivity contribution in [2.45, 2.75) is 13.5 Å².